The second-order valence-corrected chi connectivity index (χ2v) is 3.75. The second-order valence-electron chi connectivity index (χ2n) is 3.75. The summed E-state index contributed by atoms with van der Waals surface area (Å²) in [7, 11) is 1.99. The minimum atomic E-state index is 0.0357. The number of aromatic nitrogens is 3. The topological polar surface area (TPSA) is 43.0 Å². The summed E-state index contributed by atoms with van der Waals surface area (Å²) in [5, 5.41) is 10.5. The third-order valence-corrected chi connectivity index (χ3v) is 2.67. The molecule has 0 saturated heterocycles. The summed E-state index contributed by atoms with van der Waals surface area (Å²) >= 11 is 0. The molecule has 0 radical (unpaired) electrons. The molecule has 1 N–H and O–H groups in total. The van der Waals surface area contributed by atoms with Gasteiger partial charge in [0.2, 0.25) is 5.88 Å². The molecule has 3 heterocycles. The Kier molecular flexibility index (Phi) is 1.77. The average Bonchev–Trinajstić information content (AvgIpc) is 2.82. The fraction of sp³-hybridized carbons (Fsp3) is 0.0833. The molecule has 0 aliphatic carbocycles. The zero-order chi connectivity index (χ0) is 11.1. The molecular formula is C12H11N3O. The van der Waals surface area contributed by atoms with E-state index >= 15 is 0 Å². The van der Waals surface area contributed by atoms with E-state index in [-0.39, 0.29) is 5.88 Å². The number of aromatic hydroxyl groups is 1. The second kappa shape index (κ2) is 3.13. The summed E-state index contributed by atoms with van der Waals surface area (Å²) in [4.78, 5) is 4.09. The molecule has 0 aliphatic heterocycles. The van der Waals surface area contributed by atoms with E-state index in [9.17, 15) is 5.11 Å². The molecule has 4 nitrogen and oxygen atoms in total. The lowest BCUT2D eigenvalue weighted by Crippen LogP contribution is -1.99. The van der Waals surface area contributed by atoms with Gasteiger partial charge in [0.15, 0.2) is 0 Å². The van der Waals surface area contributed by atoms with Crippen molar-refractivity contribution in [1.82, 2.24) is 14.1 Å². The Morgan fingerprint density at radius 3 is 2.75 bits per heavy atom. The molecule has 0 unspecified atom stereocenters. The van der Waals surface area contributed by atoms with Gasteiger partial charge in [-0.15, -0.1) is 0 Å². The number of hydrogen-bond donors (Lipinski definition) is 1. The molecule has 0 aliphatic rings. The van der Waals surface area contributed by atoms with E-state index in [1.807, 2.05) is 40.7 Å². The number of aryl methyl sites for hydroxylation is 1. The number of fused-ring (bicyclic) bond motifs is 1. The van der Waals surface area contributed by atoms with Crippen LogP contribution >= 0.6 is 0 Å². The van der Waals surface area contributed by atoms with Crippen molar-refractivity contribution in [1.29, 1.82) is 0 Å². The fourth-order valence-electron chi connectivity index (χ4n) is 1.94. The predicted octanol–water partition coefficient (Wildman–Crippen LogP) is 2.07. The summed E-state index contributed by atoms with van der Waals surface area (Å²) in [6, 6.07) is 9.30. The van der Waals surface area contributed by atoms with Crippen molar-refractivity contribution in [3.8, 4) is 11.7 Å². The minimum absolute atomic E-state index is 0.0357. The molecule has 0 fully saturated rings. The molecule has 0 aromatic carbocycles. The molecule has 0 spiro atoms. The van der Waals surface area contributed by atoms with Crippen molar-refractivity contribution in [3.05, 3.63) is 42.7 Å². The average molecular weight is 213 g/mol. The van der Waals surface area contributed by atoms with Gasteiger partial charge in [-0.05, 0) is 18.2 Å². The van der Waals surface area contributed by atoms with Gasteiger partial charge in [-0.2, -0.15) is 4.98 Å². The smallest absolute Gasteiger partial charge is 0.212 e. The fourth-order valence-corrected chi connectivity index (χ4v) is 1.94. The molecule has 80 valence electrons. The maximum atomic E-state index is 9.37. The van der Waals surface area contributed by atoms with Gasteiger partial charge in [0.05, 0.1) is 0 Å². The highest BCUT2D eigenvalue weighted by Crippen LogP contribution is 2.20. The first kappa shape index (κ1) is 9.03. The number of hydrogen-bond acceptors (Lipinski definition) is 2. The Labute approximate surface area is 92.4 Å². The number of pyridine rings is 1. The highest BCUT2D eigenvalue weighted by molar-refractivity contribution is 5.79. The Balaban J connectivity index is 2.29. The van der Waals surface area contributed by atoms with Gasteiger partial charge in [0, 0.05) is 30.9 Å². The van der Waals surface area contributed by atoms with Gasteiger partial charge < -0.3 is 9.67 Å². The van der Waals surface area contributed by atoms with Crippen molar-refractivity contribution >= 4 is 11.0 Å². The van der Waals surface area contributed by atoms with Crippen LogP contribution in [-0.4, -0.2) is 19.2 Å². The van der Waals surface area contributed by atoms with E-state index in [1.54, 1.807) is 12.1 Å². The van der Waals surface area contributed by atoms with Gasteiger partial charge in [-0.3, -0.25) is 4.57 Å². The Morgan fingerprint density at radius 2 is 1.94 bits per heavy atom. The standard InChI is InChI=1S/C12H11N3O/c1-14-7-5-9-6-8-15(12(9)14)10-3-2-4-11(16)13-10/h2-8H,1H3,(H,13,16). The van der Waals surface area contributed by atoms with Gasteiger partial charge in [0.1, 0.15) is 11.5 Å². The summed E-state index contributed by atoms with van der Waals surface area (Å²) in [5.74, 6) is 0.755. The minimum Gasteiger partial charge on any atom is -0.493 e. The summed E-state index contributed by atoms with van der Waals surface area (Å²) < 4.78 is 3.98. The van der Waals surface area contributed by atoms with Crippen molar-refractivity contribution in [3.63, 3.8) is 0 Å². The zero-order valence-corrected chi connectivity index (χ0v) is 8.83. The third kappa shape index (κ3) is 1.20. The first-order valence-corrected chi connectivity index (χ1v) is 5.04. The number of rotatable bonds is 1. The lowest BCUT2D eigenvalue weighted by molar-refractivity contribution is 0.452. The van der Waals surface area contributed by atoms with Gasteiger partial charge in [-0.25, -0.2) is 0 Å². The predicted molar refractivity (Wildman–Crippen MR) is 61.7 cm³/mol. The van der Waals surface area contributed by atoms with Crippen LogP contribution in [0.2, 0.25) is 0 Å². The molecule has 4 heteroatoms. The quantitative estimate of drug-likeness (QED) is 0.672. The molecule has 3 rings (SSSR count). The highest BCUT2D eigenvalue weighted by atomic mass is 16.3. The van der Waals surface area contributed by atoms with Crippen LogP contribution in [0, 0.1) is 0 Å². The highest BCUT2D eigenvalue weighted by Gasteiger charge is 2.07. The van der Waals surface area contributed by atoms with E-state index in [0.717, 1.165) is 16.9 Å². The lowest BCUT2D eigenvalue weighted by Gasteiger charge is -2.05. The van der Waals surface area contributed by atoms with Crippen molar-refractivity contribution in [2.75, 3.05) is 0 Å². The Bertz CT molecular complexity index is 651. The molecule has 0 saturated carbocycles. The van der Waals surface area contributed by atoms with Crippen molar-refractivity contribution in [2.24, 2.45) is 7.05 Å². The summed E-state index contributed by atoms with van der Waals surface area (Å²) in [6.07, 6.45) is 3.95. The van der Waals surface area contributed by atoms with Crippen LogP contribution in [0.15, 0.2) is 42.7 Å². The third-order valence-electron chi connectivity index (χ3n) is 2.67. The maximum Gasteiger partial charge on any atom is 0.212 e. The Hall–Kier alpha value is -2.23. The van der Waals surface area contributed by atoms with E-state index in [1.165, 1.54) is 0 Å². The molecule has 16 heavy (non-hydrogen) atoms. The van der Waals surface area contributed by atoms with E-state index in [0.29, 0.717) is 0 Å². The van der Waals surface area contributed by atoms with Crippen molar-refractivity contribution in [2.45, 2.75) is 0 Å². The molecule has 0 amide bonds. The van der Waals surface area contributed by atoms with Gasteiger partial charge >= 0.3 is 0 Å². The van der Waals surface area contributed by atoms with E-state index < -0.39 is 0 Å². The van der Waals surface area contributed by atoms with Crippen LogP contribution in [-0.2, 0) is 7.05 Å². The first-order valence-electron chi connectivity index (χ1n) is 5.04. The summed E-state index contributed by atoms with van der Waals surface area (Å²) in [6.45, 7) is 0. The molecular weight excluding hydrogens is 202 g/mol. The maximum absolute atomic E-state index is 9.37. The van der Waals surface area contributed by atoms with Gasteiger partial charge in [0.25, 0.3) is 0 Å². The van der Waals surface area contributed by atoms with Crippen LogP contribution in [0.4, 0.5) is 0 Å². The monoisotopic (exact) mass is 213 g/mol. The van der Waals surface area contributed by atoms with Crippen LogP contribution in [0.3, 0.4) is 0 Å². The Morgan fingerprint density at radius 1 is 1.12 bits per heavy atom. The van der Waals surface area contributed by atoms with E-state index in [4.69, 9.17) is 0 Å². The van der Waals surface area contributed by atoms with Gasteiger partial charge in [-0.1, -0.05) is 6.07 Å². The number of nitrogens with zero attached hydrogens (tertiary/aromatic N) is 3. The van der Waals surface area contributed by atoms with Crippen LogP contribution in [0.1, 0.15) is 0 Å². The lowest BCUT2D eigenvalue weighted by atomic mass is 10.4. The normalized spacial score (nSPS) is 11.1. The first-order chi connectivity index (χ1) is 7.75. The van der Waals surface area contributed by atoms with Crippen LogP contribution < -0.4 is 0 Å². The molecule has 3 aromatic heterocycles. The van der Waals surface area contributed by atoms with Crippen LogP contribution in [0.5, 0.6) is 5.88 Å². The molecule has 3 aromatic rings. The molecule has 0 bridgehead atoms. The summed E-state index contributed by atoms with van der Waals surface area (Å²) in [5.41, 5.74) is 1.07. The van der Waals surface area contributed by atoms with Crippen molar-refractivity contribution < 1.29 is 5.11 Å². The SMILES string of the molecule is Cn1ccc2ccn(-c3cccc(O)n3)c21. The largest absolute Gasteiger partial charge is 0.493 e. The van der Waals surface area contributed by atoms with Crippen LogP contribution in [0.25, 0.3) is 16.9 Å². The van der Waals surface area contributed by atoms with E-state index in [2.05, 4.69) is 11.1 Å². The molecule has 0 atom stereocenters. The zero-order valence-electron chi connectivity index (χ0n) is 8.83.